The topological polar surface area (TPSA) is 9.23 Å². The SMILES string of the molecule is COc1cccc(C(C)CBr)c1. The van der Waals surface area contributed by atoms with Crippen LogP contribution >= 0.6 is 15.9 Å². The minimum atomic E-state index is 0.542. The van der Waals surface area contributed by atoms with Gasteiger partial charge in [0, 0.05) is 5.33 Å². The van der Waals surface area contributed by atoms with Gasteiger partial charge < -0.3 is 4.74 Å². The number of hydrogen-bond acceptors (Lipinski definition) is 1. The molecule has 0 bridgehead atoms. The normalized spacial score (nSPS) is 12.6. The Kier molecular flexibility index (Phi) is 3.60. The molecule has 0 radical (unpaired) electrons. The molecule has 0 fully saturated rings. The number of alkyl halides is 1. The zero-order chi connectivity index (χ0) is 8.97. The lowest BCUT2D eigenvalue weighted by atomic mass is 10.0. The molecule has 0 spiro atoms. The number of hydrogen-bond donors (Lipinski definition) is 0. The highest BCUT2D eigenvalue weighted by molar-refractivity contribution is 9.09. The number of methoxy groups -OCH3 is 1. The van der Waals surface area contributed by atoms with Gasteiger partial charge >= 0.3 is 0 Å². The van der Waals surface area contributed by atoms with Gasteiger partial charge in [-0.1, -0.05) is 35.0 Å². The minimum absolute atomic E-state index is 0.542. The predicted molar refractivity (Wildman–Crippen MR) is 55.2 cm³/mol. The van der Waals surface area contributed by atoms with E-state index in [1.165, 1.54) is 5.56 Å². The zero-order valence-electron chi connectivity index (χ0n) is 7.38. The van der Waals surface area contributed by atoms with Gasteiger partial charge in [0.1, 0.15) is 5.75 Å². The molecule has 0 saturated heterocycles. The molecule has 1 rings (SSSR count). The Morgan fingerprint density at radius 3 is 2.83 bits per heavy atom. The minimum Gasteiger partial charge on any atom is -0.497 e. The second-order valence-electron chi connectivity index (χ2n) is 2.83. The van der Waals surface area contributed by atoms with Gasteiger partial charge in [-0.15, -0.1) is 0 Å². The first-order valence-corrected chi connectivity index (χ1v) is 5.10. The second-order valence-corrected chi connectivity index (χ2v) is 3.48. The van der Waals surface area contributed by atoms with Crippen molar-refractivity contribution in [3.8, 4) is 5.75 Å². The van der Waals surface area contributed by atoms with E-state index in [0.29, 0.717) is 5.92 Å². The van der Waals surface area contributed by atoms with Gasteiger partial charge in [-0.2, -0.15) is 0 Å². The van der Waals surface area contributed by atoms with E-state index in [4.69, 9.17) is 4.74 Å². The van der Waals surface area contributed by atoms with Crippen LogP contribution in [-0.4, -0.2) is 12.4 Å². The molecule has 2 heteroatoms. The fourth-order valence-electron chi connectivity index (χ4n) is 1.04. The van der Waals surface area contributed by atoms with Crippen LogP contribution < -0.4 is 4.74 Å². The Morgan fingerprint density at radius 1 is 1.50 bits per heavy atom. The molecule has 1 nitrogen and oxygen atoms in total. The van der Waals surface area contributed by atoms with Crippen LogP contribution in [0.15, 0.2) is 24.3 Å². The van der Waals surface area contributed by atoms with Gasteiger partial charge in [0.15, 0.2) is 0 Å². The van der Waals surface area contributed by atoms with Crippen molar-refractivity contribution in [2.75, 3.05) is 12.4 Å². The van der Waals surface area contributed by atoms with Crippen LogP contribution in [0.4, 0.5) is 0 Å². The fraction of sp³-hybridized carbons (Fsp3) is 0.400. The largest absolute Gasteiger partial charge is 0.497 e. The molecule has 0 aliphatic heterocycles. The summed E-state index contributed by atoms with van der Waals surface area (Å²) < 4.78 is 5.13. The summed E-state index contributed by atoms with van der Waals surface area (Å²) in [5.41, 5.74) is 1.31. The fourth-order valence-corrected chi connectivity index (χ4v) is 1.41. The summed E-state index contributed by atoms with van der Waals surface area (Å²) in [5, 5.41) is 0.986. The van der Waals surface area contributed by atoms with Crippen molar-refractivity contribution in [3.05, 3.63) is 29.8 Å². The molecular weight excluding hydrogens is 216 g/mol. The third kappa shape index (κ3) is 2.24. The van der Waals surface area contributed by atoms with E-state index in [1.54, 1.807) is 7.11 Å². The van der Waals surface area contributed by atoms with Crippen LogP contribution in [0.5, 0.6) is 5.75 Å². The highest BCUT2D eigenvalue weighted by Gasteiger charge is 2.03. The highest BCUT2D eigenvalue weighted by atomic mass is 79.9. The molecule has 0 aromatic heterocycles. The van der Waals surface area contributed by atoms with Gasteiger partial charge in [-0.05, 0) is 23.6 Å². The maximum atomic E-state index is 5.13. The average molecular weight is 229 g/mol. The van der Waals surface area contributed by atoms with Crippen LogP contribution in [0.2, 0.25) is 0 Å². The average Bonchev–Trinajstić information content (AvgIpc) is 2.17. The molecule has 1 aromatic carbocycles. The quantitative estimate of drug-likeness (QED) is 0.723. The first-order chi connectivity index (χ1) is 5.77. The third-order valence-electron chi connectivity index (χ3n) is 1.89. The van der Waals surface area contributed by atoms with E-state index >= 15 is 0 Å². The maximum absolute atomic E-state index is 5.13. The smallest absolute Gasteiger partial charge is 0.119 e. The van der Waals surface area contributed by atoms with Crippen LogP contribution in [0.25, 0.3) is 0 Å². The summed E-state index contributed by atoms with van der Waals surface area (Å²) in [7, 11) is 1.69. The molecule has 1 unspecified atom stereocenters. The van der Waals surface area contributed by atoms with Gasteiger partial charge in [0.25, 0.3) is 0 Å². The molecule has 1 aromatic rings. The van der Waals surface area contributed by atoms with Crippen molar-refractivity contribution >= 4 is 15.9 Å². The molecule has 0 N–H and O–H groups in total. The molecule has 0 amide bonds. The molecular formula is C10H13BrO. The monoisotopic (exact) mass is 228 g/mol. The highest BCUT2D eigenvalue weighted by Crippen LogP contribution is 2.21. The number of rotatable bonds is 3. The van der Waals surface area contributed by atoms with E-state index in [9.17, 15) is 0 Å². The van der Waals surface area contributed by atoms with Crippen molar-refractivity contribution in [2.45, 2.75) is 12.8 Å². The van der Waals surface area contributed by atoms with Crippen LogP contribution in [-0.2, 0) is 0 Å². The van der Waals surface area contributed by atoms with Crippen molar-refractivity contribution in [1.82, 2.24) is 0 Å². The Morgan fingerprint density at radius 2 is 2.25 bits per heavy atom. The summed E-state index contributed by atoms with van der Waals surface area (Å²) in [4.78, 5) is 0. The first kappa shape index (κ1) is 9.59. The second kappa shape index (κ2) is 4.51. The molecule has 0 aliphatic rings. The Bertz CT molecular complexity index is 247. The van der Waals surface area contributed by atoms with E-state index in [0.717, 1.165) is 11.1 Å². The van der Waals surface area contributed by atoms with Crippen LogP contribution in [0.3, 0.4) is 0 Å². The molecule has 0 saturated carbocycles. The zero-order valence-corrected chi connectivity index (χ0v) is 8.97. The Balaban J connectivity index is 2.86. The molecule has 0 heterocycles. The van der Waals surface area contributed by atoms with E-state index in [2.05, 4.69) is 35.0 Å². The molecule has 66 valence electrons. The van der Waals surface area contributed by atoms with Crippen LogP contribution in [0.1, 0.15) is 18.4 Å². The lowest BCUT2D eigenvalue weighted by molar-refractivity contribution is 0.414. The number of benzene rings is 1. The third-order valence-corrected chi connectivity index (χ3v) is 2.87. The van der Waals surface area contributed by atoms with Gasteiger partial charge in [-0.3, -0.25) is 0 Å². The molecule has 0 aliphatic carbocycles. The first-order valence-electron chi connectivity index (χ1n) is 3.98. The molecule has 12 heavy (non-hydrogen) atoms. The van der Waals surface area contributed by atoms with E-state index in [1.807, 2.05) is 12.1 Å². The lowest BCUT2D eigenvalue weighted by Gasteiger charge is -2.08. The van der Waals surface area contributed by atoms with E-state index < -0.39 is 0 Å². The summed E-state index contributed by atoms with van der Waals surface area (Å²) in [6.07, 6.45) is 0. The molecule has 1 atom stereocenters. The maximum Gasteiger partial charge on any atom is 0.119 e. The van der Waals surface area contributed by atoms with E-state index in [-0.39, 0.29) is 0 Å². The van der Waals surface area contributed by atoms with Crippen molar-refractivity contribution in [1.29, 1.82) is 0 Å². The number of halogens is 1. The van der Waals surface area contributed by atoms with Crippen LogP contribution in [0, 0.1) is 0 Å². The van der Waals surface area contributed by atoms with Crippen molar-refractivity contribution in [2.24, 2.45) is 0 Å². The summed E-state index contributed by atoms with van der Waals surface area (Å²) in [5.74, 6) is 1.47. The summed E-state index contributed by atoms with van der Waals surface area (Å²) >= 11 is 3.46. The Hall–Kier alpha value is -0.500. The van der Waals surface area contributed by atoms with Crippen molar-refractivity contribution in [3.63, 3.8) is 0 Å². The van der Waals surface area contributed by atoms with Gasteiger partial charge in [-0.25, -0.2) is 0 Å². The standard InChI is InChI=1S/C10H13BrO/c1-8(7-11)9-4-3-5-10(6-9)12-2/h3-6,8H,7H2,1-2H3. The van der Waals surface area contributed by atoms with Crippen molar-refractivity contribution < 1.29 is 4.74 Å². The Labute approximate surface area is 81.9 Å². The summed E-state index contributed by atoms with van der Waals surface area (Å²) in [6.45, 7) is 2.18. The predicted octanol–water partition coefficient (Wildman–Crippen LogP) is 3.19. The van der Waals surface area contributed by atoms with Gasteiger partial charge in [0.2, 0.25) is 0 Å². The van der Waals surface area contributed by atoms with Gasteiger partial charge in [0.05, 0.1) is 7.11 Å². The lowest BCUT2D eigenvalue weighted by Crippen LogP contribution is -1.94. The summed E-state index contributed by atoms with van der Waals surface area (Å²) in [6, 6.07) is 8.18. The number of ether oxygens (including phenoxy) is 1.